The Bertz CT molecular complexity index is 770. The number of hydrogen-bond donors (Lipinski definition) is 2. The van der Waals surface area contributed by atoms with Gasteiger partial charge < -0.3 is 10.1 Å². The fourth-order valence-corrected chi connectivity index (χ4v) is 3.93. The van der Waals surface area contributed by atoms with Crippen molar-refractivity contribution in [1.29, 1.82) is 0 Å². The van der Waals surface area contributed by atoms with Crippen molar-refractivity contribution in [2.24, 2.45) is 0 Å². The zero-order valence-electron chi connectivity index (χ0n) is 10.9. The number of rotatable bonds is 3. The molecule has 0 saturated heterocycles. The zero-order valence-corrected chi connectivity index (χ0v) is 11.7. The van der Waals surface area contributed by atoms with Gasteiger partial charge in [-0.25, -0.2) is 13.4 Å². The smallest absolute Gasteiger partial charge is 0.322 e. The maximum absolute atomic E-state index is 12.6. The number of nitrogens with one attached hydrogen (secondary N) is 1. The first kappa shape index (κ1) is 13.8. The Morgan fingerprint density at radius 2 is 2.05 bits per heavy atom. The summed E-state index contributed by atoms with van der Waals surface area (Å²) in [5.41, 5.74) is 1.68. The minimum atomic E-state index is -3.92. The fraction of sp³-hybridized carbons (Fsp3) is 0.231. The van der Waals surface area contributed by atoms with Crippen LogP contribution in [-0.4, -0.2) is 39.8 Å². The number of carboxylic acid groups (broad SMARTS) is 1. The summed E-state index contributed by atoms with van der Waals surface area (Å²) in [4.78, 5) is 17.7. The van der Waals surface area contributed by atoms with Crippen molar-refractivity contribution >= 4 is 16.0 Å². The van der Waals surface area contributed by atoms with Gasteiger partial charge in [0.1, 0.15) is 6.04 Å². The van der Waals surface area contributed by atoms with Crippen LogP contribution in [0.3, 0.4) is 0 Å². The van der Waals surface area contributed by atoms with Gasteiger partial charge in [-0.1, -0.05) is 24.3 Å². The average Bonchev–Trinajstić information content (AvgIpc) is 3.00. The Kier molecular flexibility index (Phi) is 3.26. The highest BCUT2D eigenvalue weighted by Crippen LogP contribution is 2.28. The summed E-state index contributed by atoms with van der Waals surface area (Å²) in [6.45, 7) is 0.0362. The van der Waals surface area contributed by atoms with E-state index in [9.17, 15) is 18.3 Å². The Balaban J connectivity index is 2.06. The minimum absolute atomic E-state index is 0.0362. The third-order valence-corrected chi connectivity index (χ3v) is 5.33. The number of fused-ring (bicyclic) bond motifs is 1. The van der Waals surface area contributed by atoms with Gasteiger partial charge in [-0.2, -0.15) is 4.31 Å². The monoisotopic (exact) mass is 307 g/mol. The molecule has 0 amide bonds. The zero-order chi connectivity index (χ0) is 15.0. The lowest BCUT2D eigenvalue weighted by atomic mass is 9.96. The molecule has 0 saturated carbocycles. The number of hydrogen-bond acceptors (Lipinski definition) is 4. The SMILES string of the molecule is O=C(O)[C@@H]1Cc2ccccc2CN1S(=O)(=O)c1cnc[nH]1. The largest absolute Gasteiger partial charge is 0.480 e. The van der Waals surface area contributed by atoms with Gasteiger partial charge in [-0.3, -0.25) is 4.79 Å². The maximum atomic E-state index is 12.6. The van der Waals surface area contributed by atoms with Crippen LogP contribution < -0.4 is 0 Å². The van der Waals surface area contributed by atoms with E-state index < -0.39 is 22.0 Å². The van der Waals surface area contributed by atoms with E-state index in [0.29, 0.717) is 0 Å². The molecule has 1 aliphatic heterocycles. The van der Waals surface area contributed by atoms with Crippen LogP contribution in [-0.2, 0) is 27.8 Å². The Labute approximate surface area is 121 Å². The van der Waals surface area contributed by atoms with E-state index >= 15 is 0 Å². The molecule has 1 aromatic heterocycles. The lowest BCUT2D eigenvalue weighted by Gasteiger charge is -2.32. The molecular weight excluding hydrogens is 294 g/mol. The number of H-pyrrole nitrogens is 1. The second-order valence-electron chi connectivity index (χ2n) is 4.79. The second kappa shape index (κ2) is 4.97. The molecule has 21 heavy (non-hydrogen) atoms. The average molecular weight is 307 g/mol. The molecule has 1 atom stereocenters. The molecule has 0 spiro atoms. The fourth-order valence-electron chi connectivity index (χ4n) is 2.47. The van der Waals surface area contributed by atoms with Gasteiger partial charge in [0.05, 0.1) is 12.5 Å². The van der Waals surface area contributed by atoms with E-state index in [1.165, 1.54) is 12.5 Å². The number of aromatic amines is 1. The van der Waals surface area contributed by atoms with E-state index in [0.717, 1.165) is 15.4 Å². The molecule has 0 radical (unpaired) electrons. The summed E-state index contributed by atoms with van der Waals surface area (Å²) >= 11 is 0. The van der Waals surface area contributed by atoms with Gasteiger partial charge in [-0.15, -0.1) is 0 Å². The molecule has 8 heteroatoms. The van der Waals surface area contributed by atoms with Gasteiger partial charge >= 0.3 is 5.97 Å². The Morgan fingerprint density at radius 1 is 1.33 bits per heavy atom. The van der Waals surface area contributed by atoms with E-state index in [-0.39, 0.29) is 18.0 Å². The van der Waals surface area contributed by atoms with Crippen LogP contribution in [0.25, 0.3) is 0 Å². The molecule has 2 aromatic rings. The molecule has 110 valence electrons. The highest BCUT2D eigenvalue weighted by atomic mass is 32.2. The summed E-state index contributed by atoms with van der Waals surface area (Å²) in [7, 11) is -3.92. The first-order chi connectivity index (χ1) is 10.00. The van der Waals surface area contributed by atoms with Crippen molar-refractivity contribution in [2.45, 2.75) is 24.0 Å². The predicted octanol–water partition coefficient (Wildman–Crippen LogP) is 0.610. The summed E-state index contributed by atoms with van der Waals surface area (Å²) in [5.74, 6) is -1.16. The molecule has 3 rings (SSSR count). The number of benzene rings is 1. The molecule has 0 aliphatic carbocycles. The van der Waals surface area contributed by atoms with Gasteiger partial charge in [-0.05, 0) is 11.1 Å². The van der Waals surface area contributed by atoms with Crippen molar-refractivity contribution in [1.82, 2.24) is 14.3 Å². The quantitative estimate of drug-likeness (QED) is 0.864. The lowest BCUT2D eigenvalue weighted by Crippen LogP contribution is -2.48. The number of aliphatic carboxylic acids is 1. The number of aromatic nitrogens is 2. The van der Waals surface area contributed by atoms with Gasteiger partial charge in [0.25, 0.3) is 10.0 Å². The molecule has 1 aromatic carbocycles. The molecule has 0 unspecified atom stereocenters. The summed E-state index contributed by atoms with van der Waals surface area (Å²) in [6.07, 6.45) is 2.58. The van der Waals surface area contributed by atoms with Crippen LogP contribution >= 0.6 is 0 Å². The van der Waals surface area contributed by atoms with Crippen LogP contribution in [0, 0.1) is 0 Å². The van der Waals surface area contributed by atoms with E-state index in [2.05, 4.69) is 9.97 Å². The first-order valence-electron chi connectivity index (χ1n) is 6.30. The molecule has 2 heterocycles. The maximum Gasteiger partial charge on any atom is 0.322 e. The molecule has 1 aliphatic rings. The van der Waals surface area contributed by atoms with Crippen molar-refractivity contribution in [3.8, 4) is 0 Å². The van der Waals surface area contributed by atoms with E-state index in [1.54, 1.807) is 6.07 Å². The van der Waals surface area contributed by atoms with Crippen LogP contribution in [0.1, 0.15) is 11.1 Å². The van der Waals surface area contributed by atoms with Gasteiger partial charge in [0.15, 0.2) is 5.03 Å². The number of sulfonamides is 1. The highest BCUT2D eigenvalue weighted by Gasteiger charge is 2.40. The minimum Gasteiger partial charge on any atom is -0.480 e. The van der Waals surface area contributed by atoms with Gasteiger partial charge in [0.2, 0.25) is 0 Å². The van der Waals surface area contributed by atoms with Crippen molar-refractivity contribution in [3.63, 3.8) is 0 Å². The predicted molar refractivity (Wildman–Crippen MR) is 72.9 cm³/mol. The molecule has 7 nitrogen and oxygen atoms in total. The Morgan fingerprint density at radius 3 is 2.67 bits per heavy atom. The normalized spacial score (nSPS) is 19.1. The number of nitrogens with zero attached hydrogens (tertiary/aromatic N) is 2. The van der Waals surface area contributed by atoms with Crippen LogP contribution in [0.4, 0.5) is 0 Å². The number of imidazole rings is 1. The van der Waals surface area contributed by atoms with Crippen LogP contribution in [0.5, 0.6) is 0 Å². The van der Waals surface area contributed by atoms with Gasteiger partial charge in [0, 0.05) is 13.0 Å². The third-order valence-electron chi connectivity index (χ3n) is 3.55. The molecular formula is C13H13N3O4S. The molecule has 0 fully saturated rings. The number of carbonyl (C=O) groups is 1. The van der Waals surface area contributed by atoms with E-state index in [1.807, 2.05) is 18.2 Å². The van der Waals surface area contributed by atoms with Crippen molar-refractivity contribution in [3.05, 3.63) is 47.9 Å². The molecule has 0 bridgehead atoms. The summed E-state index contributed by atoms with van der Waals surface area (Å²) in [5, 5.41) is 9.26. The van der Waals surface area contributed by atoms with Crippen molar-refractivity contribution < 1.29 is 18.3 Å². The highest BCUT2D eigenvalue weighted by molar-refractivity contribution is 7.89. The van der Waals surface area contributed by atoms with Crippen LogP contribution in [0.15, 0.2) is 41.8 Å². The summed E-state index contributed by atoms with van der Waals surface area (Å²) in [6, 6.07) is 6.14. The standard InChI is InChI=1S/C13H13N3O4S/c17-13(18)11-5-9-3-1-2-4-10(9)7-16(11)21(19,20)12-6-14-8-15-12/h1-4,6,8,11H,5,7H2,(H,14,15)(H,17,18)/t11-/m0/s1. The second-order valence-corrected chi connectivity index (χ2v) is 6.65. The Hall–Kier alpha value is -2.19. The van der Waals surface area contributed by atoms with Crippen LogP contribution in [0.2, 0.25) is 0 Å². The lowest BCUT2D eigenvalue weighted by molar-refractivity contribution is -0.141. The number of carboxylic acids is 1. The van der Waals surface area contributed by atoms with Crippen molar-refractivity contribution in [2.75, 3.05) is 0 Å². The summed E-state index contributed by atoms with van der Waals surface area (Å²) < 4.78 is 26.1. The first-order valence-corrected chi connectivity index (χ1v) is 7.74. The topological polar surface area (TPSA) is 103 Å². The van der Waals surface area contributed by atoms with E-state index in [4.69, 9.17) is 0 Å². The third kappa shape index (κ3) is 2.32. The molecule has 2 N–H and O–H groups in total.